The molecule has 2 atom stereocenters. The van der Waals surface area contributed by atoms with Crippen LogP contribution in [-0.2, 0) is 0 Å². The fraction of sp³-hybridized carbons (Fsp3) is 0.533. The van der Waals surface area contributed by atoms with Gasteiger partial charge in [-0.15, -0.1) is 5.10 Å². The molecule has 6 heteroatoms. The highest BCUT2D eigenvalue weighted by Gasteiger charge is 2.30. The van der Waals surface area contributed by atoms with Gasteiger partial charge in [0.15, 0.2) is 5.82 Å². The van der Waals surface area contributed by atoms with E-state index in [1.54, 1.807) is 12.4 Å². The average molecular weight is 284 g/mol. The second kappa shape index (κ2) is 5.44. The lowest BCUT2D eigenvalue weighted by molar-refractivity contribution is 0.235. The molecule has 2 aliphatic heterocycles. The molecule has 0 spiro atoms. The molecule has 2 aromatic heterocycles. The highest BCUT2D eigenvalue weighted by atomic mass is 15.4. The molecule has 4 rings (SSSR count). The Hall–Kier alpha value is -1.95. The molecule has 0 aromatic carbocycles. The van der Waals surface area contributed by atoms with Gasteiger partial charge in [0, 0.05) is 24.5 Å². The Morgan fingerprint density at radius 3 is 2.86 bits per heavy atom. The van der Waals surface area contributed by atoms with Gasteiger partial charge in [-0.3, -0.25) is 4.98 Å². The Kier molecular flexibility index (Phi) is 3.31. The van der Waals surface area contributed by atoms with Crippen LogP contribution in [0.25, 0.3) is 11.4 Å². The first kappa shape index (κ1) is 12.8. The van der Waals surface area contributed by atoms with E-state index >= 15 is 0 Å². The maximum absolute atomic E-state index is 4.77. The Labute approximate surface area is 124 Å². The van der Waals surface area contributed by atoms with Crippen LogP contribution in [0.3, 0.4) is 0 Å². The Balaban J connectivity index is 1.66. The number of piperidine rings is 1. The van der Waals surface area contributed by atoms with Crippen molar-refractivity contribution in [3.8, 4) is 11.4 Å². The van der Waals surface area contributed by atoms with Crippen molar-refractivity contribution in [1.82, 2.24) is 25.1 Å². The molecule has 0 saturated carbocycles. The normalized spacial score (nSPS) is 25.1. The van der Waals surface area contributed by atoms with E-state index in [0.717, 1.165) is 43.4 Å². The minimum atomic E-state index is 0.456. The number of rotatable bonds is 2. The van der Waals surface area contributed by atoms with Crippen molar-refractivity contribution in [3.63, 3.8) is 0 Å². The van der Waals surface area contributed by atoms with Crippen LogP contribution in [-0.4, -0.2) is 39.4 Å². The predicted octanol–water partition coefficient (Wildman–Crippen LogP) is 1.70. The monoisotopic (exact) mass is 284 g/mol. The van der Waals surface area contributed by atoms with Gasteiger partial charge in [0.1, 0.15) is 0 Å². The quantitative estimate of drug-likeness (QED) is 0.878. The van der Waals surface area contributed by atoms with Crippen LogP contribution in [0.5, 0.6) is 0 Å². The minimum absolute atomic E-state index is 0.456. The van der Waals surface area contributed by atoms with Gasteiger partial charge in [0.05, 0.1) is 6.04 Å². The number of nitrogens with zero attached hydrogens (tertiary/aromatic N) is 4. The molecule has 4 heterocycles. The maximum atomic E-state index is 4.77. The van der Waals surface area contributed by atoms with Gasteiger partial charge in [-0.1, -0.05) is 0 Å². The fourth-order valence-corrected chi connectivity index (χ4v) is 3.40. The summed E-state index contributed by atoms with van der Waals surface area (Å²) in [6.45, 7) is 3.22. The van der Waals surface area contributed by atoms with E-state index in [2.05, 4.69) is 25.3 Å². The van der Waals surface area contributed by atoms with Gasteiger partial charge in [0.25, 0.3) is 0 Å². The van der Waals surface area contributed by atoms with Gasteiger partial charge in [-0.25, -0.2) is 4.68 Å². The standard InChI is InChI=1S/C15H20N6/c1-2-12(10-17-6-1)13-5-9-18-15-19-14(20-21(13)15)11-3-7-16-8-4-11/h3-4,7-8,12-13,17H,1-2,5-6,9-10H2,(H,18,19,20). The zero-order valence-electron chi connectivity index (χ0n) is 12.0. The molecule has 2 unspecified atom stereocenters. The van der Waals surface area contributed by atoms with E-state index in [-0.39, 0.29) is 0 Å². The van der Waals surface area contributed by atoms with Crippen LogP contribution in [0.2, 0.25) is 0 Å². The number of hydrogen-bond donors (Lipinski definition) is 2. The van der Waals surface area contributed by atoms with Gasteiger partial charge in [-0.2, -0.15) is 4.98 Å². The fourth-order valence-electron chi connectivity index (χ4n) is 3.40. The largest absolute Gasteiger partial charge is 0.354 e. The van der Waals surface area contributed by atoms with Crippen LogP contribution in [0.15, 0.2) is 24.5 Å². The van der Waals surface area contributed by atoms with Crippen LogP contribution >= 0.6 is 0 Å². The summed E-state index contributed by atoms with van der Waals surface area (Å²) >= 11 is 0. The summed E-state index contributed by atoms with van der Waals surface area (Å²) in [5.41, 5.74) is 1.02. The zero-order chi connectivity index (χ0) is 14.1. The van der Waals surface area contributed by atoms with Crippen molar-refractivity contribution in [2.24, 2.45) is 5.92 Å². The molecule has 110 valence electrons. The molecule has 1 fully saturated rings. The van der Waals surface area contributed by atoms with E-state index in [0.29, 0.717) is 12.0 Å². The third-order valence-corrected chi connectivity index (χ3v) is 4.49. The van der Waals surface area contributed by atoms with Crippen LogP contribution in [0.4, 0.5) is 5.95 Å². The summed E-state index contributed by atoms with van der Waals surface area (Å²) in [6.07, 6.45) is 7.23. The van der Waals surface area contributed by atoms with E-state index in [9.17, 15) is 0 Å². The van der Waals surface area contributed by atoms with Crippen molar-refractivity contribution >= 4 is 5.95 Å². The molecule has 21 heavy (non-hydrogen) atoms. The lowest BCUT2D eigenvalue weighted by Crippen LogP contribution is -2.38. The summed E-state index contributed by atoms with van der Waals surface area (Å²) in [7, 11) is 0. The first-order chi connectivity index (χ1) is 10.4. The molecule has 2 N–H and O–H groups in total. The molecule has 1 saturated heterocycles. The summed E-state index contributed by atoms with van der Waals surface area (Å²) in [6, 6.07) is 4.37. The third kappa shape index (κ3) is 2.40. The lowest BCUT2D eigenvalue weighted by Gasteiger charge is -2.34. The van der Waals surface area contributed by atoms with Crippen LogP contribution < -0.4 is 10.6 Å². The predicted molar refractivity (Wildman–Crippen MR) is 81.0 cm³/mol. The van der Waals surface area contributed by atoms with E-state index < -0.39 is 0 Å². The number of pyridine rings is 1. The van der Waals surface area contributed by atoms with Crippen molar-refractivity contribution in [2.75, 3.05) is 25.0 Å². The van der Waals surface area contributed by atoms with Crippen molar-refractivity contribution in [2.45, 2.75) is 25.3 Å². The zero-order valence-corrected chi connectivity index (χ0v) is 12.0. The lowest BCUT2D eigenvalue weighted by atomic mass is 9.89. The molecule has 6 nitrogen and oxygen atoms in total. The molecular formula is C15H20N6. The highest BCUT2D eigenvalue weighted by molar-refractivity contribution is 5.55. The van der Waals surface area contributed by atoms with Crippen LogP contribution in [0.1, 0.15) is 25.3 Å². The summed E-state index contributed by atoms with van der Waals surface area (Å²) in [5.74, 6) is 2.35. The van der Waals surface area contributed by atoms with Crippen molar-refractivity contribution < 1.29 is 0 Å². The third-order valence-electron chi connectivity index (χ3n) is 4.49. The smallest absolute Gasteiger partial charge is 0.221 e. The first-order valence-electron chi connectivity index (χ1n) is 7.73. The summed E-state index contributed by atoms with van der Waals surface area (Å²) in [5, 5.41) is 11.7. The van der Waals surface area contributed by atoms with Gasteiger partial charge in [-0.05, 0) is 50.4 Å². The summed E-state index contributed by atoms with van der Waals surface area (Å²) in [4.78, 5) is 8.71. The SMILES string of the molecule is c1cc(-c2nc3n(n2)C(C2CCCNC2)CCN3)ccn1. The second-order valence-corrected chi connectivity index (χ2v) is 5.83. The summed E-state index contributed by atoms with van der Waals surface area (Å²) < 4.78 is 2.11. The van der Waals surface area contributed by atoms with Crippen molar-refractivity contribution in [1.29, 1.82) is 0 Å². The Bertz CT molecular complexity index is 602. The molecule has 2 aromatic rings. The van der Waals surface area contributed by atoms with Gasteiger partial charge < -0.3 is 10.6 Å². The molecule has 0 aliphatic carbocycles. The topological polar surface area (TPSA) is 67.7 Å². The average Bonchev–Trinajstić information content (AvgIpc) is 3.00. The first-order valence-corrected chi connectivity index (χ1v) is 7.73. The maximum Gasteiger partial charge on any atom is 0.221 e. The van der Waals surface area contributed by atoms with E-state index in [1.807, 2.05) is 12.1 Å². The minimum Gasteiger partial charge on any atom is -0.354 e. The molecule has 0 bridgehead atoms. The van der Waals surface area contributed by atoms with E-state index in [4.69, 9.17) is 5.10 Å². The van der Waals surface area contributed by atoms with E-state index in [1.165, 1.54) is 12.8 Å². The molecule has 0 amide bonds. The van der Waals surface area contributed by atoms with Gasteiger partial charge >= 0.3 is 0 Å². The number of aromatic nitrogens is 4. The van der Waals surface area contributed by atoms with Gasteiger partial charge in [0.2, 0.25) is 5.95 Å². The highest BCUT2D eigenvalue weighted by Crippen LogP contribution is 2.33. The number of anilines is 1. The number of nitrogens with one attached hydrogen (secondary N) is 2. The number of fused-ring (bicyclic) bond motifs is 1. The molecule has 2 aliphatic rings. The Morgan fingerprint density at radius 2 is 2.05 bits per heavy atom. The molecule has 0 radical (unpaired) electrons. The molecular weight excluding hydrogens is 264 g/mol. The Morgan fingerprint density at radius 1 is 1.14 bits per heavy atom. The van der Waals surface area contributed by atoms with Crippen LogP contribution in [0, 0.1) is 5.92 Å². The number of hydrogen-bond acceptors (Lipinski definition) is 5. The van der Waals surface area contributed by atoms with Crippen molar-refractivity contribution in [3.05, 3.63) is 24.5 Å². The second-order valence-electron chi connectivity index (χ2n) is 5.83.